The zero-order valence-corrected chi connectivity index (χ0v) is 18.3. The molecule has 2 heterocycles. The molecule has 0 unspecified atom stereocenters. The fraction of sp³-hybridized carbons (Fsp3) is 0.591. The normalized spacial score (nSPS) is 20.6. The number of rotatable bonds is 5. The number of ether oxygens (including phenoxy) is 1. The standard InChI is InChI=1S/C22H31N3O5/c1-6-20(28)24(5)12-19-14(2)11-25(15(3)13-26)22(29)18-9-17(8-7-16(4)27)10-23-21(18)30-19/h9-10,14-16,19,26-27H,6,11-13H2,1-5H3/t14-,15+,16+,19-/m0/s1. The van der Waals surface area contributed by atoms with Crippen molar-refractivity contribution < 1.29 is 24.5 Å². The predicted octanol–water partition coefficient (Wildman–Crippen LogP) is 0.902. The molecule has 0 aliphatic carbocycles. The van der Waals surface area contributed by atoms with Gasteiger partial charge in [-0.05, 0) is 19.9 Å². The van der Waals surface area contributed by atoms with Crippen LogP contribution in [0, 0.1) is 17.8 Å². The largest absolute Gasteiger partial charge is 0.472 e. The van der Waals surface area contributed by atoms with Crippen LogP contribution in [0.15, 0.2) is 12.3 Å². The zero-order valence-electron chi connectivity index (χ0n) is 18.3. The second-order valence-corrected chi connectivity index (χ2v) is 7.77. The van der Waals surface area contributed by atoms with Gasteiger partial charge in [-0.2, -0.15) is 0 Å². The third-order valence-electron chi connectivity index (χ3n) is 5.13. The molecule has 0 saturated heterocycles. The first kappa shape index (κ1) is 23.6. The molecule has 2 rings (SSSR count). The molecule has 4 atom stereocenters. The van der Waals surface area contributed by atoms with Crippen molar-refractivity contribution in [3.63, 3.8) is 0 Å². The van der Waals surface area contributed by atoms with Gasteiger partial charge in [-0.1, -0.05) is 25.7 Å². The van der Waals surface area contributed by atoms with Crippen molar-refractivity contribution in [2.45, 2.75) is 52.4 Å². The predicted molar refractivity (Wildman–Crippen MR) is 112 cm³/mol. The maximum atomic E-state index is 13.2. The van der Waals surface area contributed by atoms with Gasteiger partial charge in [0.1, 0.15) is 17.8 Å². The molecule has 0 bridgehead atoms. The molecule has 0 radical (unpaired) electrons. The molecule has 0 spiro atoms. The van der Waals surface area contributed by atoms with Crippen LogP contribution < -0.4 is 4.74 Å². The van der Waals surface area contributed by atoms with Gasteiger partial charge in [0, 0.05) is 37.7 Å². The average molecular weight is 418 g/mol. The molecule has 8 heteroatoms. The Morgan fingerprint density at radius 1 is 1.47 bits per heavy atom. The van der Waals surface area contributed by atoms with Crippen LogP contribution in [-0.2, 0) is 4.79 Å². The minimum atomic E-state index is -0.804. The van der Waals surface area contributed by atoms with E-state index in [1.807, 2.05) is 6.92 Å². The van der Waals surface area contributed by atoms with E-state index < -0.39 is 12.1 Å². The number of aromatic nitrogens is 1. The number of hydrogen-bond donors (Lipinski definition) is 2. The number of pyridine rings is 1. The summed E-state index contributed by atoms with van der Waals surface area (Å²) in [7, 11) is 1.73. The molecule has 8 nitrogen and oxygen atoms in total. The lowest BCUT2D eigenvalue weighted by molar-refractivity contribution is -0.131. The van der Waals surface area contributed by atoms with Crippen LogP contribution in [-0.4, -0.2) is 81.8 Å². The number of fused-ring (bicyclic) bond motifs is 1. The summed E-state index contributed by atoms with van der Waals surface area (Å²) < 4.78 is 6.11. The van der Waals surface area contributed by atoms with Gasteiger partial charge in [0.05, 0.1) is 19.2 Å². The summed E-state index contributed by atoms with van der Waals surface area (Å²) in [4.78, 5) is 32.8. The third-order valence-corrected chi connectivity index (χ3v) is 5.13. The van der Waals surface area contributed by atoms with Crippen molar-refractivity contribution >= 4 is 11.8 Å². The second-order valence-electron chi connectivity index (χ2n) is 7.77. The summed E-state index contributed by atoms with van der Waals surface area (Å²) in [5.74, 6) is 5.20. The Morgan fingerprint density at radius 2 is 2.17 bits per heavy atom. The lowest BCUT2D eigenvalue weighted by atomic mass is 10.00. The third kappa shape index (κ3) is 5.71. The maximum Gasteiger partial charge on any atom is 0.259 e. The van der Waals surface area contributed by atoms with Crippen LogP contribution in [0.3, 0.4) is 0 Å². The number of hydrogen-bond acceptors (Lipinski definition) is 6. The van der Waals surface area contributed by atoms with E-state index in [2.05, 4.69) is 16.8 Å². The minimum Gasteiger partial charge on any atom is -0.472 e. The van der Waals surface area contributed by atoms with Crippen LogP contribution in [0.1, 0.15) is 50.0 Å². The Hall–Kier alpha value is -2.63. The zero-order chi connectivity index (χ0) is 22.4. The van der Waals surface area contributed by atoms with E-state index in [1.165, 1.54) is 6.20 Å². The molecule has 30 heavy (non-hydrogen) atoms. The quantitative estimate of drug-likeness (QED) is 0.690. The Morgan fingerprint density at radius 3 is 2.77 bits per heavy atom. The summed E-state index contributed by atoms with van der Waals surface area (Å²) in [6, 6.07) is 1.19. The van der Waals surface area contributed by atoms with E-state index in [-0.39, 0.29) is 41.9 Å². The Bertz CT molecular complexity index is 830. The molecule has 1 aliphatic rings. The van der Waals surface area contributed by atoms with Gasteiger partial charge in [-0.3, -0.25) is 9.59 Å². The first-order chi connectivity index (χ1) is 14.2. The molecule has 2 N–H and O–H groups in total. The lowest BCUT2D eigenvalue weighted by Gasteiger charge is -2.37. The highest BCUT2D eigenvalue weighted by molar-refractivity contribution is 5.97. The van der Waals surface area contributed by atoms with Gasteiger partial charge in [0.25, 0.3) is 5.91 Å². The number of aliphatic hydroxyl groups is 2. The Labute approximate surface area is 177 Å². The monoisotopic (exact) mass is 417 g/mol. The number of nitrogens with zero attached hydrogens (tertiary/aromatic N) is 3. The molecule has 0 saturated carbocycles. The fourth-order valence-corrected chi connectivity index (χ4v) is 3.22. The number of amides is 2. The van der Waals surface area contributed by atoms with Gasteiger partial charge in [0.15, 0.2) is 0 Å². The molecule has 164 valence electrons. The number of aliphatic hydroxyl groups excluding tert-OH is 2. The summed E-state index contributed by atoms with van der Waals surface area (Å²) in [6.07, 6.45) is 0.699. The van der Waals surface area contributed by atoms with Crippen LogP contribution in [0.4, 0.5) is 0 Å². The number of carbonyl (C=O) groups is 2. The average Bonchev–Trinajstić information content (AvgIpc) is 2.73. The number of likely N-dealkylation sites (N-methyl/N-ethyl adjacent to an activating group) is 1. The van der Waals surface area contributed by atoms with E-state index in [4.69, 9.17) is 4.74 Å². The van der Waals surface area contributed by atoms with Crippen molar-refractivity contribution in [3.05, 3.63) is 23.4 Å². The first-order valence-electron chi connectivity index (χ1n) is 10.2. The molecule has 1 aromatic heterocycles. The van der Waals surface area contributed by atoms with E-state index in [0.29, 0.717) is 25.1 Å². The highest BCUT2D eigenvalue weighted by Crippen LogP contribution is 2.27. The van der Waals surface area contributed by atoms with Crippen molar-refractivity contribution in [1.29, 1.82) is 0 Å². The van der Waals surface area contributed by atoms with Gasteiger partial charge in [-0.25, -0.2) is 4.98 Å². The molecule has 0 fully saturated rings. The van der Waals surface area contributed by atoms with Crippen molar-refractivity contribution in [1.82, 2.24) is 14.8 Å². The molecular weight excluding hydrogens is 386 g/mol. The van der Waals surface area contributed by atoms with Gasteiger partial charge in [-0.15, -0.1) is 0 Å². The molecule has 1 aliphatic heterocycles. The van der Waals surface area contributed by atoms with Crippen molar-refractivity contribution in [2.75, 3.05) is 26.7 Å². The van der Waals surface area contributed by atoms with Crippen molar-refractivity contribution in [3.8, 4) is 17.7 Å². The summed E-state index contributed by atoms with van der Waals surface area (Å²) in [6.45, 7) is 7.62. The highest BCUT2D eigenvalue weighted by atomic mass is 16.5. The molecule has 1 aromatic rings. The van der Waals surface area contributed by atoms with Crippen molar-refractivity contribution in [2.24, 2.45) is 5.92 Å². The maximum absolute atomic E-state index is 13.2. The smallest absolute Gasteiger partial charge is 0.259 e. The van der Waals surface area contributed by atoms with Crippen LogP contribution in [0.5, 0.6) is 5.88 Å². The van der Waals surface area contributed by atoms with Gasteiger partial charge < -0.3 is 24.7 Å². The SMILES string of the molecule is CCC(=O)N(C)C[C@@H]1Oc2ncc(C#C[C@@H](C)O)cc2C(=O)N([C@H](C)CO)C[C@@H]1C. The summed E-state index contributed by atoms with van der Waals surface area (Å²) in [5.41, 5.74) is 0.723. The minimum absolute atomic E-state index is 0.00134. The summed E-state index contributed by atoms with van der Waals surface area (Å²) in [5, 5.41) is 19.1. The topological polar surface area (TPSA) is 103 Å². The van der Waals surface area contributed by atoms with E-state index >= 15 is 0 Å². The molecule has 0 aromatic carbocycles. The molecule has 2 amide bonds. The van der Waals surface area contributed by atoms with Gasteiger partial charge >= 0.3 is 0 Å². The van der Waals surface area contributed by atoms with Crippen LogP contribution in [0.2, 0.25) is 0 Å². The van der Waals surface area contributed by atoms with E-state index in [1.54, 1.807) is 43.7 Å². The summed E-state index contributed by atoms with van der Waals surface area (Å²) >= 11 is 0. The van der Waals surface area contributed by atoms with E-state index in [9.17, 15) is 19.8 Å². The number of carbonyl (C=O) groups excluding carboxylic acids is 2. The first-order valence-corrected chi connectivity index (χ1v) is 10.2. The lowest BCUT2D eigenvalue weighted by Crippen LogP contribution is -2.50. The van der Waals surface area contributed by atoms with Crippen LogP contribution in [0.25, 0.3) is 0 Å². The van der Waals surface area contributed by atoms with Gasteiger partial charge in [0.2, 0.25) is 11.8 Å². The Kier molecular flexibility index (Phi) is 8.21. The van der Waals surface area contributed by atoms with E-state index in [0.717, 1.165) is 0 Å². The Balaban J connectivity index is 2.47. The van der Waals surface area contributed by atoms with Crippen LogP contribution >= 0.6 is 0 Å². The fourth-order valence-electron chi connectivity index (χ4n) is 3.22. The highest BCUT2D eigenvalue weighted by Gasteiger charge is 2.34. The molecular formula is C22H31N3O5. The second kappa shape index (κ2) is 10.4.